The van der Waals surface area contributed by atoms with E-state index < -0.39 is 0 Å². The highest BCUT2D eigenvalue weighted by atomic mass is 35.5. The molecule has 0 aliphatic rings. The average molecular weight is 219 g/mol. The van der Waals surface area contributed by atoms with Crippen molar-refractivity contribution in [3.63, 3.8) is 0 Å². The first-order valence-corrected chi connectivity index (χ1v) is 5.90. The summed E-state index contributed by atoms with van der Waals surface area (Å²) in [5.41, 5.74) is 0. The first-order valence-electron chi connectivity index (χ1n) is 4.49. The normalized spacial score (nSPS) is 13.1. The summed E-state index contributed by atoms with van der Waals surface area (Å²) in [5.74, 6) is 1.14. The van der Waals surface area contributed by atoms with Crippen LogP contribution in [0.2, 0.25) is 0 Å². The van der Waals surface area contributed by atoms with Crippen LogP contribution < -0.4 is 0 Å². The first kappa shape index (κ1) is 11.0. The van der Waals surface area contributed by atoms with Gasteiger partial charge in [-0.3, -0.25) is 0 Å². The Hall–Kier alpha value is -0.0500. The van der Waals surface area contributed by atoms with Gasteiger partial charge in [-0.2, -0.15) is 0 Å². The molecule has 0 spiro atoms. The van der Waals surface area contributed by atoms with E-state index in [0.29, 0.717) is 11.8 Å². The van der Waals surface area contributed by atoms with Crippen molar-refractivity contribution in [1.82, 2.24) is 0 Å². The first-order chi connectivity index (χ1) is 6.33. The van der Waals surface area contributed by atoms with Crippen molar-refractivity contribution in [2.75, 3.05) is 19.1 Å². The van der Waals surface area contributed by atoms with E-state index in [1.807, 2.05) is 0 Å². The van der Waals surface area contributed by atoms with Crippen molar-refractivity contribution >= 4 is 22.9 Å². The number of hydrogen-bond donors (Lipinski definition) is 0. The van der Waals surface area contributed by atoms with Crippen LogP contribution in [0.4, 0.5) is 0 Å². The number of thiophene rings is 1. The van der Waals surface area contributed by atoms with Gasteiger partial charge in [0.05, 0.1) is 13.2 Å². The van der Waals surface area contributed by atoms with Crippen LogP contribution in [0.3, 0.4) is 0 Å². The maximum atomic E-state index is 5.65. The lowest BCUT2D eigenvalue weighted by Gasteiger charge is -2.07. The van der Waals surface area contributed by atoms with Crippen molar-refractivity contribution in [1.29, 1.82) is 0 Å². The van der Waals surface area contributed by atoms with Gasteiger partial charge in [0.25, 0.3) is 0 Å². The van der Waals surface area contributed by atoms with Gasteiger partial charge < -0.3 is 4.74 Å². The summed E-state index contributed by atoms with van der Waals surface area (Å²) in [4.78, 5) is 1.39. The second-order valence-corrected chi connectivity index (χ2v) is 4.50. The van der Waals surface area contributed by atoms with E-state index in [9.17, 15) is 0 Å². The van der Waals surface area contributed by atoms with Crippen molar-refractivity contribution < 1.29 is 4.74 Å². The Labute approximate surface area is 88.7 Å². The average Bonchev–Trinajstić information content (AvgIpc) is 2.64. The Morgan fingerprint density at radius 2 is 2.46 bits per heavy atom. The lowest BCUT2D eigenvalue weighted by molar-refractivity contribution is 0.114. The second kappa shape index (κ2) is 6.41. The molecule has 13 heavy (non-hydrogen) atoms. The molecule has 0 aromatic carbocycles. The minimum atomic E-state index is 0.463. The lowest BCUT2D eigenvalue weighted by atomic mass is 10.2. The molecule has 3 heteroatoms. The molecule has 0 saturated heterocycles. The van der Waals surface area contributed by atoms with Crippen molar-refractivity contribution in [3.8, 4) is 0 Å². The van der Waals surface area contributed by atoms with Crippen LogP contribution in [-0.2, 0) is 11.2 Å². The quantitative estimate of drug-likeness (QED) is 0.527. The van der Waals surface area contributed by atoms with E-state index in [1.54, 1.807) is 11.3 Å². The van der Waals surface area contributed by atoms with Gasteiger partial charge in [0.15, 0.2) is 0 Å². The Bertz CT molecular complexity index is 211. The van der Waals surface area contributed by atoms with Gasteiger partial charge in [-0.05, 0) is 17.4 Å². The Morgan fingerprint density at radius 1 is 1.62 bits per heavy atom. The summed E-state index contributed by atoms with van der Waals surface area (Å²) >= 11 is 7.43. The van der Waals surface area contributed by atoms with Gasteiger partial charge in [-0.25, -0.2) is 0 Å². The molecule has 1 atom stereocenters. The highest BCUT2D eigenvalue weighted by molar-refractivity contribution is 7.09. The molecule has 1 rings (SSSR count). The van der Waals surface area contributed by atoms with Crippen LogP contribution >= 0.6 is 22.9 Å². The van der Waals surface area contributed by atoms with Gasteiger partial charge in [0, 0.05) is 17.2 Å². The third-order valence-corrected chi connectivity index (χ3v) is 3.20. The van der Waals surface area contributed by atoms with Crippen LogP contribution in [-0.4, -0.2) is 19.1 Å². The summed E-state index contributed by atoms with van der Waals surface area (Å²) in [6.45, 7) is 3.68. The molecule has 1 nitrogen and oxygen atoms in total. The van der Waals surface area contributed by atoms with E-state index in [-0.39, 0.29) is 0 Å². The molecule has 0 aliphatic heterocycles. The molecule has 74 valence electrons. The molecular formula is C10H15ClOS. The van der Waals surface area contributed by atoms with Crippen LogP contribution in [0, 0.1) is 5.92 Å². The van der Waals surface area contributed by atoms with Gasteiger partial charge in [0.2, 0.25) is 0 Å². The number of halogens is 1. The summed E-state index contributed by atoms with van der Waals surface area (Å²) in [5, 5.41) is 2.09. The van der Waals surface area contributed by atoms with Gasteiger partial charge in [-0.15, -0.1) is 22.9 Å². The summed E-state index contributed by atoms with van der Waals surface area (Å²) in [6.07, 6.45) is 1.02. The molecule has 1 aromatic heterocycles. The van der Waals surface area contributed by atoms with E-state index >= 15 is 0 Å². The van der Waals surface area contributed by atoms with Crippen molar-refractivity contribution in [2.45, 2.75) is 13.3 Å². The highest BCUT2D eigenvalue weighted by Gasteiger charge is 1.99. The summed E-state index contributed by atoms with van der Waals surface area (Å²) in [6, 6.07) is 4.21. The third kappa shape index (κ3) is 4.65. The molecule has 0 saturated carbocycles. The summed E-state index contributed by atoms with van der Waals surface area (Å²) in [7, 11) is 0. The van der Waals surface area contributed by atoms with E-state index in [0.717, 1.165) is 19.6 Å². The zero-order chi connectivity index (χ0) is 9.52. The fourth-order valence-electron chi connectivity index (χ4n) is 0.957. The monoisotopic (exact) mass is 218 g/mol. The van der Waals surface area contributed by atoms with Gasteiger partial charge >= 0.3 is 0 Å². The largest absolute Gasteiger partial charge is 0.381 e. The minimum Gasteiger partial charge on any atom is -0.381 e. The van der Waals surface area contributed by atoms with E-state index in [1.165, 1.54) is 4.88 Å². The molecule has 0 N–H and O–H groups in total. The topological polar surface area (TPSA) is 9.23 Å². The molecule has 0 amide bonds. The lowest BCUT2D eigenvalue weighted by Crippen LogP contribution is -2.08. The maximum Gasteiger partial charge on any atom is 0.0514 e. The third-order valence-electron chi connectivity index (χ3n) is 1.74. The fraction of sp³-hybridized carbons (Fsp3) is 0.600. The molecule has 1 heterocycles. The number of hydrogen-bond acceptors (Lipinski definition) is 2. The Morgan fingerprint density at radius 3 is 3.08 bits per heavy atom. The predicted octanol–water partition coefficient (Wildman–Crippen LogP) is 3.18. The standard InChI is InChI=1S/C10H15ClOS/c1-9(7-11)8-12-5-4-10-3-2-6-13-10/h2-3,6,9H,4-5,7-8H2,1H3. The van der Waals surface area contributed by atoms with Crippen LogP contribution in [0.15, 0.2) is 17.5 Å². The van der Waals surface area contributed by atoms with Gasteiger partial charge in [0.1, 0.15) is 0 Å². The fourth-order valence-corrected chi connectivity index (χ4v) is 1.74. The zero-order valence-electron chi connectivity index (χ0n) is 7.83. The molecule has 0 fully saturated rings. The molecule has 0 bridgehead atoms. The van der Waals surface area contributed by atoms with E-state index in [4.69, 9.17) is 16.3 Å². The second-order valence-electron chi connectivity index (χ2n) is 3.16. The predicted molar refractivity (Wildman–Crippen MR) is 58.7 cm³/mol. The highest BCUT2D eigenvalue weighted by Crippen LogP contribution is 2.09. The Kier molecular flexibility index (Phi) is 5.44. The molecular weight excluding hydrogens is 204 g/mol. The minimum absolute atomic E-state index is 0.463. The summed E-state index contributed by atoms with van der Waals surface area (Å²) < 4.78 is 5.48. The maximum absolute atomic E-state index is 5.65. The van der Waals surface area contributed by atoms with Crippen LogP contribution in [0.5, 0.6) is 0 Å². The van der Waals surface area contributed by atoms with Crippen molar-refractivity contribution in [3.05, 3.63) is 22.4 Å². The smallest absolute Gasteiger partial charge is 0.0514 e. The Balaban J connectivity index is 2.02. The zero-order valence-corrected chi connectivity index (χ0v) is 9.40. The van der Waals surface area contributed by atoms with Crippen LogP contribution in [0.1, 0.15) is 11.8 Å². The van der Waals surface area contributed by atoms with Gasteiger partial charge in [-0.1, -0.05) is 13.0 Å². The number of alkyl halides is 1. The molecule has 0 radical (unpaired) electrons. The van der Waals surface area contributed by atoms with Crippen LogP contribution in [0.25, 0.3) is 0 Å². The number of rotatable bonds is 6. The number of ether oxygens (including phenoxy) is 1. The van der Waals surface area contributed by atoms with Crippen molar-refractivity contribution in [2.24, 2.45) is 5.92 Å². The molecule has 1 unspecified atom stereocenters. The molecule has 0 aliphatic carbocycles. The molecule has 1 aromatic rings. The van der Waals surface area contributed by atoms with E-state index in [2.05, 4.69) is 24.4 Å². The SMILES string of the molecule is CC(CCl)COCCc1cccs1.